The first-order valence-electron chi connectivity index (χ1n) is 7.22. The smallest absolute Gasteiger partial charge is 0.335 e. The summed E-state index contributed by atoms with van der Waals surface area (Å²) in [6.45, 7) is 0. The van der Waals surface area contributed by atoms with Crippen LogP contribution >= 0.6 is 23.5 Å². The molecule has 0 unspecified atom stereocenters. The molecule has 8 heteroatoms. The number of rotatable bonds is 5. The minimum atomic E-state index is -0.994. The van der Waals surface area contributed by atoms with Gasteiger partial charge in [-0.15, -0.1) is 0 Å². The number of benzene rings is 1. The minimum Gasteiger partial charge on any atom is -0.478 e. The summed E-state index contributed by atoms with van der Waals surface area (Å²) in [5.41, 5.74) is 3.16. The maximum atomic E-state index is 11.5. The number of aromatic nitrogens is 4. The van der Waals surface area contributed by atoms with Gasteiger partial charge in [0.2, 0.25) is 0 Å². The molecule has 3 rings (SSSR count). The third-order valence-corrected chi connectivity index (χ3v) is 4.62. The predicted molar refractivity (Wildman–Crippen MR) is 99.0 cm³/mol. The van der Waals surface area contributed by atoms with Crippen molar-refractivity contribution in [3.8, 4) is 22.3 Å². The fourth-order valence-electron chi connectivity index (χ4n) is 2.23. The quantitative estimate of drug-likeness (QED) is 0.537. The number of thioether (sulfide) groups is 2. The highest BCUT2D eigenvalue weighted by Gasteiger charge is 2.11. The van der Waals surface area contributed by atoms with Gasteiger partial charge in [-0.05, 0) is 41.8 Å². The molecular formula is C17H14N4O2S2. The number of carbonyl (C=O) groups is 1. The van der Waals surface area contributed by atoms with Crippen LogP contribution in [-0.4, -0.2) is 43.5 Å². The predicted octanol–water partition coefficient (Wildman–Crippen LogP) is 3.74. The van der Waals surface area contributed by atoms with Gasteiger partial charge in [0.1, 0.15) is 0 Å². The Bertz CT molecular complexity index is 834. The van der Waals surface area contributed by atoms with Crippen LogP contribution in [0, 0.1) is 0 Å². The summed E-state index contributed by atoms with van der Waals surface area (Å²) < 4.78 is 0. The Morgan fingerprint density at radius 3 is 1.48 bits per heavy atom. The van der Waals surface area contributed by atoms with E-state index in [9.17, 15) is 9.90 Å². The van der Waals surface area contributed by atoms with Crippen LogP contribution in [0.5, 0.6) is 0 Å². The van der Waals surface area contributed by atoms with E-state index in [1.165, 1.54) is 23.5 Å². The second-order valence-corrected chi connectivity index (χ2v) is 6.57. The zero-order valence-corrected chi connectivity index (χ0v) is 15.1. The Kier molecular flexibility index (Phi) is 5.30. The fraction of sp³-hybridized carbons (Fsp3) is 0.118. The SMILES string of the molecule is CSc1ncc(-c2cc(C(=O)O)cc(-c3cnc(SC)nc3)c2)cn1. The molecule has 6 nitrogen and oxygen atoms in total. The number of hydrogen-bond donors (Lipinski definition) is 1. The summed E-state index contributed by atoms with van der Waals surface area (Å²) in [6.07, 6.45) is 10.6. The minimum absolute atomic E-state index is 0.190. The number of carboxylic acids is 1. The summed E-state index contributed by atoms with van der Waals surface area (Å²) in [5, 5.41) is 10.8. The van der Waals surface area contributed by atoms with Gasteiger partial charge in [0, 0.05) is 35.9 Å². The van der Waals surface area contributed by atoms with Crippen LogP contribution in [-0.2, 0) is 0 Å². The zero-order chi connectivity index (χ0) is 17.8. The van der Waals surface area contributed by atoms with E-state index in [1.54, 1.807) is 36.9 Å². The van der Waals surface area contributed by atoms with Crippen LogP contribution in [0.15, 0.2) is 53.3 Å². The van der Waals surface area contributed by atoms with Gasteiger partial charge in [0.05, 0.1) is 5.56 Å². The highest BCUT2D eigenvalue weighted by atomic mass is 32.2. The highest BCUT2D eigenvalue weighted by Crippen LogP contribution is 2.28. The Labute approximate surface area is 153 Å². The lowest BCUT2D eigenvalue weighted by Crippen LogP contribution is -1.98. The average Bonchev–Trinajstić information content (AvgIpc) is 2.67. The van der Waals surface area contributed by atoms with Crippen LogP contribution in [0.2, 0.25) is 0 Å². The van der Waals surface area contributed by atoms with Gasteiger partial charge in [-0.2, -0.15) is 0 Å². The van der Waals surface area contributed by atoms with E-state index in [2.05, 4.69) is 19.9 Å². The van der Waals surface area contributed by atoms with Crippen LogP contribution in [0.3, 0.4) is 0 Å². The van der Waals surface area contributed by atoms with E-state index in [4.69, 9.17) is 0 Å². The van der Waals surface area contributed by atoms with Crippen molar-refractivity contribution in [3.05, 3.63) is 48.5 Å². The molecule has 0 fully saturated rings. The third-order valence-electron chi connectivity index (χ3n) is 3.47. The topological polar surface area (TPSA) is 88.9 Å². The van der Waals surface area contributed by atoms with Crippen molar-refractivity contribution >= 4 is 29.5 Å². The van der Waals surface area contributed by atoms with Crippen molar-refractivity contribution in [1.29, 1.82) is 0 Å². The number of aromatic carboxylic acids is 1. The molecule has 1 N–H and O–H groups in total. The maximum absolute atomic E-state index is 11.5. The van der Waals surface area contributed by atoms with E-state index < -0.39 is 5.97 Å². The summed E-state index contributed by atoms with van der Waals surface area (Å²) in [4.78, 5) is 28.5. The Hall–Kier alpha value is -2.45. The molecule has 126 valence electrons. The van der Waals surface area contributed by atoms with E-state index >= 15 is 0 Å². The second kappa shape index (κ2) is 7.62. The van der Waals surface area contributed by atoms with E-state index in [1.807, 2.05) is 18.6 Å². The molecule has 0 atom stereocenters. The van der Waals surface area contributed by atoms with Gasteiger partial charge in [0.15, 0.2) is 10.3 Å². The molecule has 0 spiro atoms. The summed E-state index contributed by atoms with van der Waals surface area (Å²) in [5.74, 6) is -0.994. The third kappa shape index (κ3) is 3.97. The largest absolute Gasteiger partial charge is 0.478 e. The molecule has 0 bridgehead atoms. The molecule has 2 heterocycles. The summed E-state index contributed by atoms with van der Waals surface area (Å²) in [6, 6.07) is 5.11. The zero-order valence-electron chi connectivity index (χ0n) is 13.5. The lowest BCUT2D eigenvalue weighted by Gasteiger charge is -2.08. The van der Waals surface area contributed by atoms with Gasteiger partial charge in [-0.1, -0.05) is 23.5 Å². The first kappa shape index (κ1) is 17.4. The van der Waals surface area contributed by atoms with Crippen molar-refractivity contribution in [2.45, 2.75) is 10.3 Å². The highest BCUT2D eigenvalue weighted by molar-refractivity contribution is 7.98. The molecule has 0 aliphatic rings. The van der Waals surface area contributed by atoms with Gasteiger partial charge in [-0.25, -0.2) is 24.7 Å². The Morgan fingerprint density at radius 1 is 0.760 bits per heavy atom. The summed E-state index contributed by atoms with van der Waals surface area (Å²) in [7, 11) is 0. The lowest BCUT2D eigenvalue weighted by atomic mass is 9.99. The average molecular weight is 370 g/mol. The monoisotopic (exact) mass is 370 g/mol. The maximum Gasteiger partial charge on any atom is 0.335 e. The molecule has 25 heavy (non-hydrogen) atoms. The van der Waals surface area contributed by atoms with Gasteiger partial charge in [-0.3, -0.25) is 0 Å². The molecule has 0 aliphatic carbocycles. The van der Waals surface area contributed by atoms with E-state index in [0.29, 0.717) is 10.3 Å². The fourth-order valence-corrected chi connectivity index (χ4v) is 2.86. The van der Waals surface area contributed by atoms with Crippen molar-refractivity contribution in [3.63, 3.8) is 0 Å². The Morgan fingerprint density at radius 2 is 1.16 bits per heavy atom. The molecule has 0 saturated heterocycles. The van der Waals surface area contributed by atoms with Gasteiger partial charge >= 0.3 is 5.97 Å². The van der Waals surface area contributed by atoms with Crippen molar-refractivity contribution in [1.82, 2.24) is 19.9 Å². The normalized spacial score (nSPS) is 10.6. The lowest BCUT2D eigenvalue weighted by molar-refractivity contribution is 0.0697. The van der Waals surface area contributed by atoms with Crippen molar-refractivity contribution < 1.29 is 9.90 Å². The van der Waals surface area contributed by atoms with Crippen LogP contribution in [0.4, 0.5) is 0 Å². The molecule has 3 aromatic rings. The van der Waals surface area contributed by atoms with E-state index in [-0.39, 0.29) is 5.56 Å². The number of nitrogens with zero attached hydrogens (tertiary/aromatic N) is 4. The van der Waals surface area contributed by atoms with Crippen molar-refractivity contribution in [2.75, 3.05) is 12.5 Å². The van der Waals surface area contributed by atoms with Crippen molar-refractivity contribution in [2.24, 2.45) is 0 Å². The molecule has 0 amide bonds. The van der Waals surface area contributed by atoms with Crippen LogP contribution in [0.25, 0.3) is 22.3 Å². The second-order valence-electron chi connectivity index (χ2n) is 5.02. The molecule has 1 aromatic carbocycles. The molecule has 0 aliphatic heterocycles. The standard InChI is InChI=1S/C17H14N4O2S2/c1-24-16-18-6-13(7-19-16)10-3-11(5-12(4-10)15(22)23)14-8-20-17(25-2)21-9-14/h3-9H,1-2H3,(H,22,23). The van der Waals surface area contributed by atoms with Gasteiger partial charge < -0.3 is 5.11 Å². The van der Waals surface area contributed by atoms with Crippen LogP contribution < -0.4 is 0 Å². The molecule has 0 saturated carbocycles. The number of carboxylic acid groups (broad SMARTS) is 1. The molecular weight excluding hydrogens is 356 g/mol. The van der Waals surface area contributed by atoms with Crippen LogP contribution in [0.1, 0.15) is 10.4 Å². The Balaban J connectivity index is 2.08. The molecule has 0 radical (unpaired) electrons. The van der Waals surface area contributed by atoms with Gasteiger partial charge in [0.25, 0.3) is 0 Å². The summed E-state index contributed by atoms with van der Waals surface area (Å²) >= 11 is 2.90. The number of hydrogen-bond acceptors (Lipinski definition) is 7. The first-order valence-corrected chi connectivity index (χ1v) is 9.67. The van der Waals surface area contributed by atoms with E-state index in [0.717, 1.165) is 22.3 Å². The molecule has 2 aromatic heterocycles. The first-order chi connectivity index (χ1) is 12.1.